The highest BCUT2D eigenvalue weighted by molar-refractivity contribution is 5.73. The van der Waals surface area contributed by atoms with Gasteiger partial charge in [0.25, 0.3) is 0 Å². The fourth-order valence-electron chi connectivity index (χ4n) is 1.25. The van der Waals surface area contributed by atoms with Crippen molar-refractivity contribution in [3.63, 3.8) is 0 Å². The standard InChI is InChI=1S/C8H12N2O/c1-6(2)8-7(4-11)9-5-10(8)3/h4-6H,1-3H3. The van der Waals surface area contributed by atoms with E-state index in [9.17, 15) is 4.79 Å². The third kappa shape index (κ3) is 1.31. The second-order valence-corrected chi connectivity index (χ2v) is 2.90. The maximum Gasteiger partial charge on any atom is 0.170 e. The smallest absolute Gasteiger partial charge is 0.170 e. The van der Waals surface area contributed by atoms with Crippen molar-refractivity contribution < 1.29 is 4.79 Å². The molecule has 0 atom stereocenters. The zero-order valence-electron chi connectivity index (χ0n) is 7.03. The molecule has 1 heterocycles. The molecule has 0 radical (unpaired) electrons. The summed E-state index contributed by atoms with van der Waals surface area (Å²) in [5, 5.41) is 0. The second-order valence-electron chi connectivity index (χ2n) is 2.90. The molecule has 0 fully saturated rings. The molecule has 0 bridgehead atoms. The average Bonchev–Trinajstić information content (AvgIpc) is 2.30. The number of rotatable bonds is 2. The number of hydrogen-bond donors (Lipinski definition) is 0. The van der Waals surface area contributed by atoms with Gasteiger partial charge in [0, 0.05) is 7.05 Å². The average molecular weight is 152 g/mol. The van der Waals surface area contributed by atoms with E-state index in [0.717, 1.165) is 12.0 Å². The minimum Gasteiger partial charge on any atom is -0.337 e. The Bertz CT molecular complexity index is 263. The first-order valence-electron chi connectivity index (χ1n) is 3.63. The molecule has 11 heavy (non-hydrogen) atoms. The van der Waals surface area contributed by atoms with Crippen LogP contribution < -0.4 is 0 Å². The number of hydrogen-bond acceptors (Lipinski definition) is 2. The van der Waals surface area contributed by atoms with Crippen LogP contribution in [-0.2, 0) is 7.05 Å². The lowest BCUT2D eigenvalue weighted by atomic mass is 10.1. The molecule has 0 saturated heterocycles. The maximum atomic E-state index is 10.5. The van der Waals surface area contributed by atoms with Crippen LogP contribution in [0.4, 0.5) is 0 Å². The summed E-state index contributed by atoms with van der Waals surface area (Å²) in [6.07, 6.45) is 2.47. The first-order chi connectivity index (χ1) is 5.16. The van der Waals surface area contributed by atoms with E-state index in [2.05, 4.69) is 4.98 Å². The highest BCUT2D eigenvalue weighted by atomic mass is 16.1. The minimum atomic E-state index is 0.350. The van der Waals surface area contributed by atoms with E-state index in [0.29, 0.717) is 11.6 Å². The van der Waals surface area contributed by atoms with E-state index in [1.54, 1.807) is 6.33 Å². The number of aryl methyl sites for hydroxylation is 1. The van der Waals surface area contributed by atoms with Crippen LogP contribution in [0.3, 0.4) is 0 Å². The van der Waals surface area contributed by atoms with Gasteiger partial charge in [-0.15, -0.1) is 0 Å². The van der Waals surface area contributed by atoms with Gasteiger partial charge in [0.15, 0.2) is 6.29 Å². The third-order valence-corrected chi connectivity index (χ3v) is 1.67. The molecule has 1 aromatic heterocycles. The Morgan fingerprint density at radius 3 is 2.64 bits per heavy atom. The lowest BCUT2D eigenvalue weighted by Gasteiger charge is -2.05. The lowest BCUT2D eigenvalue weighted by Crippen LogP contribution is -2.00. The normalized spacial score (nSPS) is 10.5. The Hall–Kier alpha value is -1.12. The van der Waals surface area contributed by atoms with Crippen LogP contribution in [0.25, 0.3) is 0 Å². The number of nitrogens with zero attached hydrogens (tertiary/aromatic N) is 2. The Kier molecular flexibility index (Phi) is 2.08. The Morgan fingerprint density at radius 2 is 2.27 bits per heavy atom. The molecule has 1 aromatic rings. The van der Waals surface area contributed by atoms with Crippen molar-refractivity contribution in [2.24, 2.45) is 7.05 Å². The summed E-state index contributed by atoms with van der Waals surface area (Å²) >= 11 is 0. The van der Waals surface area contributed by atoms with E-state index < -0.39 is 0 Å². The number of aromatic nitrogens is 2. The zero-order chi connectivity index (χ0) is 8.43. The van der Waals surface area contributed by atoms with Gasteiger partial charge in [0.05, 0.1) is 12.0 Å². The molecule has 0 unspecified atom stereocenters. The fourth-order valence-corrected chi connectivity index (χ4v) is 1.25. The quantitative estimate of drug-likeness (QED) is 0.600. The van der Waals surface area contributed by atoms with Crippen molar-refractivity contribution >= 4 is 6.29 Å². The molecule has 3 heteroatoms. The highest BCUT2D eigenvalue weighted by Gasteiger charge is 2.10. The number of carbonyl (C=O) groups excluding carboxylic acids is 1. The van der Waals surface area contributed by atoms with Crippen LogP contribution in [0.1, 0.15) is 35.9 Å². The predicted octanol–water partition coefficient (Wildman–Crippen LogP) is 1.36. The summed E-state index contributed by atoms with van der Waals surface area (Å²) < 4.78 is 1.88. The molecule has 3 nitrogen and oxygen atoms in total. The van der Waals surface area contributed by atoms with Crippen LogP contribution in [0.5, 0.6) is 0 Å². The van der Waals surface area contributed by atoms with Crippen molar-refractivity contribution in [3.05, 3.63) is 17.7 Å². The molecule has 0 amide bonds. The van der Waals surface area contributed by atoms with Gasteiger partial charge in [-0.3, -0.25) is 4.79 Å². The van der Waals surface area contributed by atoms with Gasteiger partial charge in [0.2, 0.25) is 0 Å². The fraction of sp³-hybridized carbons (Fsp3) is 0.500. The lowest BCUT2D eigenvalue weighted by molar-refractivity contribution is 0.111. The molecule has 1 rings (SSSR count). The molecule has 0 saturated carbocycles. The van der Waals surface area contributed by atoms with Crippen LogP contribution in [-0.4, -0.2) is 15.8 Å². The van der Waals surface area contributed by atoms with Crippen LogP contribution in [0.2, 0.25) is 0 Å². The van der Waals surface area contributed by atoms with E-state index in [1.165, 1.54) is 0 Å². The third-order valence-electron chi connectivity index (χ3n) is 1.67. The summed E-state index contributed by atoms with van der Waals surface area (Å²) in [6, 6.07) is 0. The maximum absolute atomic E-state index is 10.5. The first kappa shape index (κ1) is 7.98. The Balaban J connectivity index is 3.17. The highest BCUT2D eigenvalue weighted by Crippen LogP contribution is 2.15. The number of imidazole rings is 1. The topological polar surface area (TPSA) is 34.9 Å². The van der Waals surface area contributed by atoms with Crippen molar-refractivity contribution in [2.45, 2.75) is 19.8 Å². The van der Waals surface area contributed by atoms with E-state index in [1.807, 2.05) is 25.5 Å². The molecule has 0 aliphatic carbocycles. The molecular formula is C8H12N2O. The summed E-state index contributed by atoms with van der Waals surface area (Å²) in [6.45, 7) is 4.09. The molecule has 0 aliphatic heterocycles. The van der Waals surface area contributed by atoms with Gasteiger partial charge in [0.1, 0.15) is 5.69 Å². The van der Waals surface area contributed by atoms with Crippen LogP contribution >= 0.6 is 0 Å². The summed E-state index contributed by atoms with van der Waals surface area (Å²) in [5.74, 6) is 0.350. The van der Waals surface area contributed by atoms with Crippen molar-refractivity contribution in [2.75, 3.05) is 0 Å². The summed E-state index contributed by atoms with van der Waals surface area (Å²) in [5.41, 5.74) is 1.56. The van der Waals surface area contributed by atoms with Crippen molar-refractivity contribution in [3.8, 4) is 0 Å². The van der Waals surface area contributed by atoms with Crippen LogP contribution in [0, 0.1) is 0 Å². The summed E-state index contributed by atoms with van der Waals surface area (Å²) in [7, 11) is 1.90. The Morgan fingerprint density at radius 1 is 1.64 bits per heavy atom. The molecule has 60 valence electrons. The van der Waals surface area contributed by atoms with Gasteiger partial charge < -0.3 is 4.57 Å². The van der Waals surface area contributed by atoms with Gasteiger partial charge in [-0.2, -0.15) is 0 Å². The van der Waals surface area contributed by atoms with Gasteiger partial charge >= 0.3 is 0 Å². The van der Waals surface area contributed by atoms with Gasteiger partial charge in [-0.25, -0.2) is 4.98 Å². The number of carbonyl (C=O) groups is 1. The molecule has 0 N–H and O–H groups in total. The van der Waals surface area contributed by atoms with Crippen molar-refractivity contribution in [1.82, 2.24) is 9.55 Å². The Labute approximate surface area is 66.1 Å². The first-order valence-corrected chi connectivity index (χ1v) is 3.63. The molecule has 0 aliphatic rings. The van der Waals surface area contributed by atoms with E-state index in [-0.39, 0.29) is 0 Å². The van der Waals surface area contributed by atoms with E-state index in [4.69, 9.17) is 0 Å². The molecule has 0 aromatic carbocycles. The van der Waals surface area contributed by atoms with E-state index >= 15 is 0 Å². The minimum absolute atomic E-state index is 0.350. The van der Waals surface area contributed by atoms with Crippen LogP contribution in [0.15, 0.2) is 6.33 Å². The van der Waals surface area contributed by atoms with Crippen molar-refractivity contribution in [1.29, 1.82) is 0 Å². The molecule has 0 spiro atoms. The second kappa shape index (κ2) is 2.86. The largest absolute Gasteiger partial charge is 0.337 e. The number of aldehydes is 1. The SMILES string of the molecule is CC(C)c1c(C=O)ncn1C. The molecular weight excluding hydrogens is 140 g/mol. The zero-order valence-corrected chi connectivity index (χ0v) is 7.03. The predicted molar refractivity (Wildman–Crippen MR) is 42.7 cm³/mol. The summed E-state index contributed by atoms with van der Waals surface area (Å²) in [4.78, 5) is 14.4. The monoisotopic (exact) mass is 152 g/mol. The van der Waals surface area contributed by atoms with Gasteiger partial charge in [-0.1, -0.05) is 13.8 Å². The van der Waals surface area contributed by atoms with Gasteiger partial charge in [-0.05, 0) is 5.92 Å².